The van der Waals surface area contributed by atoms with E-state index in [1.165, 1.54) is 0 Å². The number of anilines is 2. The molecule has 7 aromatic rings. The molecule has 0 saturated carbocycles. The molecule has 0 radical (unpaired) electrons. The highest BCUT2D eigenvalue weighted by Crippen LogP contribution is 2.48. The van der Waals surface area contributed by atoms with E-state index in [1.54, 1.807) is 0 Å². The number of ether oxygens (including phenoxy) is 2. The second-order valence-corrected chi connectivity index (χ2v) is 10.2. The second kappa shape index (κ2) is 10.7. The maximum atomic E-state index is 6.44. The van der Waals surface area contributed by atoms with Crippen LogP contribution < -0.4 is 20.9 Å². The summed E-state index contributed by atoms with van der Waals surface area (Å²) in [6, 6.07) is 48.4. The lowest BCUT2D eigenvalue weighted by Gasteiger charge is -2.20. The molecular formula is C38H28N2O2. The van der Waals surface area contributed by atoms with E-state index >= 15 is 0 Å². The van der Waals surface area contributed by atoms with Crippen molar-refractivity contribution in [3.8, 4) is 45.3 Å². The number of rotatable bonds is 6. The van der Waals surface area contributed by atoms with Gasteiger partial charge in [0.2, 0.25) is 0 Å². The fraction of sp³-hybridized carbons (Fsp3) is 0. The van der Waals surface area contributed by atoms with Crippen LogP contribution in [0.15, 0.2) is 146 Å². The Bertz CT molecular complexity index is 1880. The number of hydrogen-bond acceptors (Lipinski definition) is 4. The number of benzene rings is 7. The van der Waals surface area contributed by atoms with Crippen molar-refractivity contribution >= 4 is 32.9 Å². The number of hydrogen-bond donors (Lipinski definition) is 2. The second-order valence-electron chi connectivity index (χ2n) is 10.2. The molecule has 7 rings (SSSR count). The van der Waals surface area contributed by atoms with Crippen LogP contribution in [0, 0.1) is 0 Å². The molecule has 0 bridgehead atoms. The Labute approximate surface area is 244 Å². The Hall–Kier alpha value is -5.74. The summed E-state index contributed by atoms with van der Waals surface area (Å²) in [6.45, 7) is 0. The lowest BCUT2D eigenvalue weighted by atomic mass is 9.85. The Kier molecular flexibility index (Phi) is 6.42. The summed E-state index contributed by atoms with van der Waals surface area (Å²) in [5.74, 6) is 2.91. The van der Waals surface area contributed by atoms with E-state index in [2.05, 4.69) is 60.7 Å². The van der Waals surface area contributed by atoms with Crippen molar-refractivity contribution in [2.45, 2.75) is 0 Å². The van der Waals surface area contributed by atoms with Gasteiger partial charge in [0.25, 0.3) is 0 Å². The van der Waals surface area contributed by atoms with Gasteiger partial charge in [0.15, 0.2) is 0 Å². The van der Waals surface area contributed by atoms with Gasteiger partial charge >= 0.3 is 0 Å². The van der Waals surface area contributed by atoms with Gasteiger partial charge in [-0.1, -0.05) is 97.1 Å². The van der Waals surface area contributed by atoms with Crippen LogP contribution in [0.25, 0.3) is 43.8 Å². The predicted octanol–water partition coefficient (Wildman–Crippen LogP) is 10.1. The monoisotopic (exact) mass is 544 g/mol. The maximum absolute atomic E-state index is 6.44. The molecule has 0 saturated heterocycles. The van der Waals surface area contributed by atoms with Gasteiger partial charge in [-0.25, -0.2) is 0 Å². The smallest absolute Gasteiger partial charge is 0.135 e. The van der Waals surface area contributed by atoms with Gasteiger partial charge in [0.05, 0.1) is 0 Å². The summed E-state index contributed by atoms with van der Waals surface area (Å²) < 4.78 is 12.9. The molecule has 0 atom stereocenters. The average Bonchev–Trinajstić information content (AvgIpc) is 3.01. The molecule has 202 valence electrons. The van der Waals surface area contributed by atoms with Gasteiger partial charge in [-0.3, -0.25) is 0 Å². The molecule has 4 N–H and O–H groups in total. The summed E-state index contributed by atoms with van der Waals surface area (Å²) in [7, 11) is 0. The van der Waals surface area contributed by atoms with Gasteiger partial charge in [0.1, 0.15) is 23.0 Å². The number of nitrogen functional groups attached to an aromatic ring is 2. The van der Waals surface area contributed by atoms with Gasteiger partial charge in [-0.15, -0.1) is 0 Å². The molecule has 4 heteroatoms. The fourth-order valence-corrected chi connectivity index (χ4v) is 5.64. The van der Waals surface area contributed by atoms with E-state index in [0.717, 1.165) is 55.3 Å². The molecule has 4 nitrogen and oxygen atoms in total. The van der Waals surface area contributed by atoms with Crippen molar-refractivity contribution in [2.24, 2.45) is 0 Å². The van der Waals surface area contributed by atoms with Crippen molar-refractivity contribution in [2.75, 3.05) is 11.5 Å². The van der Waals surface area contributed by atoms with Crippen molar-refractivity contribution in [1.29, 1.82) is 0 Å². The first-order valence-electron chi connectivity index (χ1n) is 13.8. The molecular weight excluding hydrogens is 516 g/mol. The van der Waals surface area contributed by atoms with E-state index in [4.69, 9.17) is 20.9 Å². The summed E-state index contributed by atoms with van der Waals surface area (Å²) >= 11 is 0. The SMILES string of the molecule is Nc1cccc(Oc2ccccc2-c2c3ccccc3c(-c3ccccc3Oc3cccc(N)c3)c3ccccc23)c1. The van der Waals surface area contributed by atoms with Crippen LogP contribution in [0.3, 0.4) is 0 Å². The minimum atomic E-state index is 0.657. The minimum absolute atomic E-state index is 0.657. The van der Waals surface area contributed by atoms with Crippen LogP contribution in [0.5, 0.6) is 23.0 Å². The highest BCUT2D eigenvalue weighted by atomic mass is 16.5. The average molecular weight is 545 g/mol. The molecule has 0 unspecified atom stereocenters. The zero-order chi connectivity index (χ0) is 28.5. The minimum Gasteiger partial charge on any atom is -0.457 e. The fourth-order valence-electron chi connectivity index (χ4n) is 5.64. The van der Waals surface area contributed by atoms with Crippen molar-refractivity contribution in [3.05, 3.63) is 146 Å². The largest absolute Gasteiger partial charge is 0.457 e. The first kappa shape index (κ1) is 25.2. The summed E-state index contributed by atoms with van der Waals surface area (Å²) in [5.41, 5.74) is 17.6. The summed E-state index contributed by atoms with van der Waals surface area (Å²) in [5, 5.41) is 4.48. The standard InChI is InChI=1S/C38H28N2O2/c39-25-11-9-13-27(23-25)41-35-21-7-5-19-33(35)37-29-15-1-2-16-30(29)38(32-18-4-3-17-31(32)37)34-20-6-8-22-36(34)42-28-14-10-12-26(40)24-28/h1-24H,39-40H2. The third-order valence-corrected chi connectivity index (χ3v) is 7.42. The van der Waals surface area contributed by atoms with E-state index in [1.807, 2.05) is 84.9 Å². The van der Waals surface area contributed by atoms with Gasteiger partial charge in [0, 0.05) is 45.8 Å². The zero-order valence-corrected chi connectivity index (χ0v) is 22.8. The maximum Gasteiger partial charge on any atom is 0.135 e. The van der Waals surface area contributed by atoms with Crippen LogP contribution in [-0.2, 0) is 0 Å². The molecule has 42 heavy (non-hydrogen) atoms. The predicted molar refractivity (Wildman–Crippen MR) is 174 cm³/mol. The Balaban J connectivity index is 1.48. The van der Waals surface area contributed by atoms with Crippen molar-refractivity contribution < 1.29 is 9.47 Å². The van der Waals surface area contributed by atoms with Gasteiger partial charge < -0.3 is 20.9 Å². The van der Waals surface area contributed by atoms with Crippen LogP contribution in [0.2, 0.25) is 0 Å². The lowest BCUT2D eigenvalue weighted by Crippen LogP contribution is -1.95. The third-order valence-electron chi connectivity index (χ3n) is 7.42. The highest BCUT2D eigenvalue weighted by Gasteiger charge is 2.20. The van der Waals surface area contributed by atoms with Crippen molar-refractivity contribution in [3.63, 3.8) is 0 Å². The van der Waals surface area contributed by atoms with Crippen LogP contribution in [0.1, 0.15) is 0 Å². The molecule has 0 aliphatic rings. The van der Waals surface area contributed by atoms with Crippen LogP contribution >= 0.6 is 0 Å². The number of nitrogens with two attached hydrogens (primary N) is 2. The topological polar surface area (TPSA) is 70.5 Å². The highest BCUT2D eigenvalue weighted by molar-refractivity contribution is 6.22. The number of fused-ring (bicyclic) bond motifs is 2. The summed E-state index contributed by atoms with van der Waals surface area (Å²) in [4.78, 5) is 0. The van der Waals surface area contributed by atoms with E-state index in [-0.39, 0.29) is 0 Å². The summed E-state index contributed by atoms with van der Waals surface area (Å²) in [6.07, 6.45) is 0. The Morgan fingerprint density at radius 1 is 0.357 bits per heavy atom. The first-order chi connectivity index (χ1) is 20.7. The van der Waals surface area contributed by atoms with E-state index in [9.17, 15) is 0 Å². The van der Waals surface area contributed by atoms with Gasteiger partial charge in [-0.05, 0) is 57.9 Å². The molecule has 0 heterocycles. The van der Waals surface area contributed by atoms with Crippen molar-refractivity contribution in [1.82, 2.24) is 0 Å². The molecule has 0 aliphatic carbocycles. The molecule has 7 aromatic carbocycles. The van der Waals surface area contributed by atoms with Crippen LogP contribution in [-0.4, -0.2) is 0 Å². The van der Waals surface area contributed by atoms with E-state index < -0.39 is 0 Å². The Morgan fingerprint density at radius 2 is 0.714 bits per heavy atom. The third kappa shape index (κ3) is 4.65. The molecule has 0 aromatic heterocycles. The molecule has 0 fully saturated rings. The first-order valence-corrected chi connectivity index (χ1v) is 13.8. The normalized spacial score (nSPS) is 11.0. The quantitative estimate of drug-likeness (QED) is 0.161. The van der Waals surface area contributed by atoms with Crippen LogP contribution in [0.4, 0.5) is 11.4 Å². The van der Waals surface area contributed by atoms with Gasteiger partial charge in [-0.2, -0.15) is 0 Å². The van der Waals surface area contributed by atoms with E-state index in [0.29, 0.717) is 22.9 Å². The molecule has 0 spiro atoms. The Morgan fingerprint density at radius 3 is 1.10 bits per heavy atom. The molecule has 0 amide bonds. The lowest BCUT2D eigenvalue weighted by molar-refractivity contribution is 0.484. The molecule has 0 aliphatic heterocycles. The number of para-hydroxylation sites is 2. The zero-order valence-electron chi connectivity index (χ0n) is 22.8.